The van der Waals surface area contributed by atoms with Gasteiger partial charge in [-0.15, -0.1) is 11.3 Å². The standard InChI is InChI=1S/C13H12ClFN2OS/c1-7(16)13-17-11(6-19-13)12(18)5-8-4-9(15)2-3-10(8)14/h2-4,6-7H,5,16H2,1H3. The van der Waals surface area contributed by atoms with Crippen LogP contribution in [0.2, 0.25) is 5.02 Å². The summed E-state index contributed by atoms with van der Waals surface area (Å²) >= 11 is 7.27. The number of benzene rings is 1. The van der Waals surface area contributed by atoms with Crippen LogP contribution < -0.4 is 5.73 Å². The number of Topliss-reactive ketones (excluding diaryl/α,β-unsaturated/α-hetero) is 1. The van der Waals surface area contributed by atoms with E-state index in [-0.39, 0.29) is 18.2 Å². The van der Waals surface area contributed by atoms with Gasteiger partial charge in [0.15, 0.2) is 5.78 Å². The van der Waals surface area contributed by atoms with Crippen LogP contribution in [0.15, 0.2) is 23.6 Å². The fourth-order valence-electron chi connectivity index (χ4n) is 1.57. The quantitative estimate of drug-likeness (QED) is 0.880. The Bertz CT molecular complexity index is 612. The predicted molar refractivity (Wildman–Crippen MR) is 74.2 cm³/mol. The van der Waals surface area contributed by atoms with Crippen molar-refractivity contribution in [2.75, 3.05) is 0 Å². The fraction of sp³-hybridized carbons (Fsp3) is 0.231. The second kappa shape index (κ2) is 5.77. The molecule has 100 valence electrons. The number of thiazole rings is 1. The molecular formula is C13H12ClFN2OS. The van der Waals surface area contributed by atoms with E-state index in [1.807, 2.05) is 0 Å². The van der Waals surface area contributed by atoms with Crippen LogP contribution in [0, 0.1) is 5.82 Å². The normalized spacial score (nSPS) is 12.4. The first-order chi connectivity index (χ1) is 8.97. The summed E-state index contributed by atoms with van der Waals surface area (Å²) in [4.78, 5) is 16.2. The van der Waals surface area contributed by atoms with Crippen LogP contribution in [0.3, 0.4) is 0 Å². The molecule has 6 heteroatoms. The number of halogens is 2. The minimum atomic E-state index is -0.415. The van der Waals surface area contributed by atoms with Crippen molar-refractivity contribution < 1.29 is 9.18 Å². The molecule has 0 amide bonds. The molecule has 0 radical (unpaired) electrons. The Hall–Kier alpha value is -1.30. The Kier molecular flexibility index (Phi) is 4.29. The molecule has 1 unspecified atom stereocenters. The summed E-state index contributed by atoms with van der Waals surface area (Å²) in [6, 6.07) is 3.75. The van der Waals surface area contributed by atoms with Crippen LogP contribution in [0.5, 0.6) is 0 Å². The van der Waals surface area contributed by atoms with Crippen LogP contribution in [0.25, 0.3) is 0 Å². The minimum absolute atomic E-state index is 0.0265. The molecule has 1 aromatic carbocycles. The van der Waals surface area contributed by atoms with Gasteiger partial charge in [0.25, 0.3) is 0 Å². The maximum absolute atomic E-state index is 13.1. The van der Waals surface area contributed by atoms with E-state index < -0.39 is 5.82 Å². The van der Waals surface area contributed by atoms with Gasteiger partial charge in [-0.3, -0.25) is 4.79 Å². The Balaban J connectivity index is 2.18. The number of carbonyl (C=O) groups excluding carboxylic acids is 1. The highest BCUT2D eigenvalue weighted by Gasteiger charge is 2.15. The highest BCUT2D eigenvalue weighted by molar-refractivity contribution is 7.09. The highest BCUT2D eigenvalue weighted by Crippen LogP contribution is 2.21. The summed E-state index contributed by atoms with van der Waals surface area (Å²) in [5, 5.41) is 2.74. The monoisotopic (exact) mass is 298 g/mol. The first kappa shape index (κ1) is 14.1. The molecule has 0 saturated carbocycles. The van der Waals surface area contributed by atoms with Gasteiger partial charge in [0.05, 0.1) is 6.04 Å². The van der Waals surface area contributed by atoms with Crippen molar-refractivity contribution in [3.63, 3.8) is 0 Å². The molecule has 0 aliphatic heterocycles. The number of nitrogens with zero attached hydrogens (tertiary/aromatic N) is 1. The zero-order valence-corrected chi connectivity index (χ0v) is 11.8. The molecule has 19 heavy (non-hydrogen) atoms. The van der Waals surface area contributed by atoms with Gasteiger partial charge in [0.2, 0.25) is 0 Å². The van der Waals surface area contributed by atoms with Crippen molar-refractivity contribution in [2.45, 2.75) is 19.4 Å². The molecule has 3 nitrogen and oxygen atoms in total. The summed E-state index contributed by atoms with van der Waals surface area (Å²) in [6.45, 7) is 1.80. The van der Waals surface area contributed by atoms with Gasteiger partial charge in [-0.1, -0.05) is 11.6 Å². The van der Waals surface area contributed by atoms with E-state index in [9.17, 15) is 9.18 Å². The first-order valence-corrected chi connectivity index (χ1v) is 6.91. The molecule has 0 aliphatic rings. The number of hydrogen-bond acceptors (Lipinski definition) is 4. The van der Waals surface area contributed by atoms with Crippen molar-refractivity contribution >= 4 is 28.7 Å². The van der Waals surface area contributed by atoms with E-state index >= 15 is 0 Å². The van der Waals surface area contributed by atoms with Crippen LogP contribution in [-0.4, -0.2) is 10.8 Å². The molecule has 1 aromatic heterocycles. The van der Waals surface area contributed by atoms with Gasteiger partial charge in [0.1, 0.15) is 16.5 Å². The zero-order valence-electron chi connectivity index (χ0n) is 10.2. The molecule has 2 rings (SSSR count). The summed E-state index contributed by atoms with van der Waals surface area (Å²) < 4.78 is 13.1. The molecule has 0 spiro atoms. The predicted octanol–water partition coefficient (Wildman–Crippen LogP) is 3.38. The van der Waals surface area contributed by atoms with Gasteiger partial charge >= 0.3 is 0 Å². The van der Waals surface area contributed by atoms with Crippen molar-refractivity contribution in [1.29, 1.82) is 0 Å². The third-order valence-corrected chi connectivity index (χ3v) is 3.97. The number of carbonyl (C=O) groups is 1. The molecule has 0 aliphatic carbocycles. The molecular weight excluding hydrogens is 287 g/mol. The van der Waals surface area contributed by atoms with E-state index in [1.165, 1.54) is 29.5 Å². The average Bonchev–Trinajstić information content (AvgIpc) is 2.83. The van der Waals surface area contributed by atoms with Crippen molar-refractivity contribution in [3.05, 3.63) is 50.7 Å². The van der Waals surface area contributed by atoms with Gasteiger partial charge < -0.3 is 5.73 Å². The molecule has 1 heterocycles. The lowest BCUT2D eigenvalue weighted by Crippen LogP contribution is -2.08. The molecule has 1 atom stereocenters. The summed E-state index contributed by atoms with van der Waals surface area (Å²) in [5.74, 6) is -0.614. The highest BCUT2D eigenvalue weighted by atomic mass is 35.5. The number of hydrogen-bond donors (Lipinski definition) is 1. The van der Waals surface area contributed by atoms with Gasteiger partial charge in [-0.25, -0.2) is 9.37 Å². The minimum Gasteiger partial charge on any atom is -0.322 e. The Morgan fingerprint density at radius 1 is 1.58 bits per heavy atom. The van der Waals surface area contributed by atoms with Gasteiger partial charge in [-0.2, -0.15) is 0 Å². The third-order valence-electron chi connectivity index (χ3n) is 2.56. The SMILES string of the molecule is CC(N)c1nc(C(=O)Cc2cc(F)ccc2Cl)cs1. The molecule has 0 bridgehead atoms. The van der Waals surface area contributed by atoms with Crippen LogP contribution in [0.1, 0.15) is 34.0 Å². The maximum atomic E-state index is 13.1. The molecule has 0 saturated heterocycles. The fourth-order valence-corrected chi connectivity index (χ4v) is 2.53. The van der Waals surface area contributed by atoms with Crippen molar-refractivity contribution in [2.24, 2.45) is 5.73 Å². The second-order valence-electron chi connectivity index (χ2n) is 4.20. The second-order valence-corrected chi connectivity index (χ2v) is 5.49. The van der Waals surface area contributed by atoms with Crippen molar-refractivity contribution in [1.82, 2.24) is 4.98 Å². The Morgan fingerprint density at radius 3 is 2.95 bits per heavy atom. The number of aromatic nitrogens is 1. The van der Waals surface area contributed by atoms with Crippen LogP contribution >= 0.6 is 22.9 Å². The van der Waals surface area contributed by atoms with Crippen LogP contribution in [-0.2, 0) is 6.42 Å². The Labute approximate surface area is 119 Å². The lowest BCUT2D eigenvalue weighted by molar-refractivity contribution is 0.0988. The lowest BCUT2D eigenvalue weighted by atomic mass is 10.1. The van der Waals surface area contributed by atoms with E-state index in [0.717, 1.165) is 0 Å². The molecule has 2 N–H and O–H groups in total. The van der Waals surface area contributed by atoms with E-state index in [4.69, 9.17) is 17.3 Å². The van der Waals surface area contributed by atoms with E-state index in [2.05, 4.69) is 4.98 Å². The molecule has 2 aromatic rings. The maximum Gasteiger partial charge on any atom is 0.186 e. The summed E-state index contributed by atoms with van der Waals surface area (Å²) in [7, 11) is 0. The lowest BCUT2D eigenvalue weighted by Gasteiger charge is -2.02. The third kappa shape index (κ3) is 3.37. The zero-order chi connectivity index (χ0) is 14.0. The largest absolute Gasteiger partial charge is 0.322 e. The number of rotatable bonds is 4. The van der Waals surface area contributed by atoms with E-state index in [1.54, 1.807) is 12.3 Å². The van der Waals surface area contributed by atoms with E-state index in [0.29, 0.717) is 21.3 Å². The van der Waals surface area contributed by atoms with Crippen molar-refractivity contribution in [3.8, 4) is 0 Å². The summed E-state index contributed by atoms with van der Waals surface area (Å²) in [5.41, 5.74) is 6.49. The Morgan fingerprint density at radius 2 is 2.32 bits per heavy atom. The molecule has 0 fully saturated rings. The number of nitrogens with two attached hydrogens (primary N) is 1. The van der Waals surface area contributed by atoms with Gasteiger partial charge in [-0.05, 0) is 30.7 Å². The smallest absolute Gasteiger partial charge is 0.186 e. The number of ketones is 1. The first-order valence-electron chi connectivity index (χ1n) is 5.65. The summed E-state index contributed by atoms with van der Waals surface area (Å²) in [6.07, 6.45) is 0.0265. The average molecular weight is 299 g/mol. The van der Waals surface area contributed by atoms with Crippen LogP contribution in [0.4, 0.5) is 4.39 Å². The van der Waals surface area contributed by atoms with Gasteiger partial charge in [0, 0.05) is 16.8 Å². The topological polar surface area (TPSA) is 56.0 Å².